The van der Waals surface area contributed by atoms with Gasteiger partial charge in [-0.05, 0) is 4.90 Å². The van der Waals surface area contributed by atoms with E-state index in [-0.39, 0.29) is 17.4 Å². The second kappa shape index (κ2) is 6.70. The molecule has 2 nitrogen and oxygen atoms in total. The zero-order valence-corrected chi connectivity index (χ0v) is 9.71. The Bertz CT molecular complexity index is 333. The van der Waals surface area contributed by atoms with Crippen molar-refractivity contribution in [1.82, 2.24) is 0 Å². The molecule has 0 aliphatic carbocycles. The van der Waals surface area contributed by atoms with Gasteiger partial charge in [-0.25, -0.2) is 0 Å². The molecule has 0 amide bonds. The number of nitrogens with one attached hydrogen (secondary N) is 1. The van der Waals surface area contributed by atoms with Crippen molar-refractivity contribution in [2.45, 2.75) is 4.90 Å². The molecule has 4 heteroatoms. The van der Waals surface area contributed by atoms with E-state index in [0.29, 0.717) is 6.54 Å². The molecule has 0 aliphatic rings. The van der Waals surface area contributed by atoms with E-state index in [9.17, 15) is 0 Å². The Morgan fingerprint density at radius 3 is 2.79 bits per heavy atom. The summed E-state index contributed by atoms with van der Waals surface area (Å²) < 4.78 is 0. The smallest absolute Gasteiger partial charge is 0.0662 e. The van der Waals surface area contributed by atoms with Crippen molar-refractivity contribution >= 4 is 17.6 Å². The van der Waals surface area contributed by atoms with Gasteiger partial charge in [0.15, 0.2) is 0 Å². The van der Waals surface area contributed by atoms with E-state index in [2.05, 4.69) is 18.2 Å². The van der Waals surface area contributed by atoms with Crippen LogP contribution in [0.15, 0.2) is 23.1 Å². The van der Waals surface area contributed by atoms with E-state index in [1.807, 2.05) is 18.2 Å². The van der Waals surface area contributed by atoms with E-state index in [1.165, 1.54) is 11.9 Å². The van der Waals surface area contributed by atoms with Crippen LogP contribution in [0.5, 0.6) is 0 Å². The topological polar surface area (TPSA) is 38.0 Å². The van der Waals surface area contributed by atoms with Crippen LogP contribution in [0, 0.1) is 19.3 Å². The molecule has 0 bridgehead atoms. The minimum atomic E-state index is 0. The van der Waals surface area contributed by atoms with E-state index >= 15 is 0 Å². The number of nitrogens with two attached hydrogens (primary N) is 1. The average molecular weight is 243 g/mol. The van der Waals surface area contributed by atoms with Gasteiger partial charge in [0.2, 0.25) is 0 Å². The molecule has 3 N–H and O–H groups in total. The SMILES string of the molecule is C#CCNc1ccc(SN)cc1[CH2-].[Cr]. The van der Waals surface area contributed by atoms with Gasteiger partial charge in [-0.2, -0.15) is 12.5 Å². The predicted octanol–water partition coefficient (Wildman–Crippen LogP) is 1.88. The molecule has 0 heterocycles. The molecule has 0 aromatic heterocycles. The standard InChI is InChI=1S/C10H11N2S.Cr/c1-3-6-12-10-5-4-9(13-11)7-8(10)2;/h1,4-5,7,12H,2,6,11H2;/q-1;. The Labute approximate surface area is 99.9 Å². The number of benzene rings is 1. The number of rotatable bonds is 3. The van der Waals surface area contributed by atoms with Crippen molar-refractivity contribution < 1.29 is 17.4 Å². The van der Waals surface area contributed by atoms with Crippen LogP contribution in [-0.4, -0.2) is 6.54 Å². The van der Waals surface area contributed by atoms with Gasteiger partial charge in [0.1, 0.15) is 0 Å². The summed E-state index contributed by atoms with van der Waals surface area (Å²) in [5.74, 6) is 2.50. The maximum atomic E-state index is 5.41. The van der Waals surface area contributed by atoms with Crippen LogP contribution in [0.25, 0.3) is 0 Å². The maximum absolute atomic E-state index is 5.41. The average Bonchev–Trinajstić information content (AvgIpc) is 2.16. The van der Waals surface area contributed by atoms with Crippen LogP contribution in [0.3, 0.4) is 0 Å². The third-order valence-corrected chi connectivity index (χ3v) is 2.12. The normalized spacial score (nSPS) is 8.57. The molecule has 1 aromatic rings. The quantitative estimate of drug-likeness (QED) is 0.483. The van der Waals surface area contributed by atoms with Crippen LogP contribution in [0.1, 0.15) is 5.56 Å². The molecule has 0 radical (unpaired) electrons. The predicted molar refractivity (Wildman–Crippen MR) is 58.3 cm³/mol. The molecule has 0 fully saturated rings. The Hall–Kier alpha value is -0.708. The summed E-state index contributed by atoms with van der Waals surface area (Å²) in [6.45, 7) is 4.39. The van der Waals surface area contributed by atoms with Gasteiger partial charge >= 0.3 is 0 Å². The fourth-order valence-electron chi connectivity index (χ4n) is 0.962. The summed E-state index contributed by atoms with van der Waals surface area (Å²) in [7, 11) is 0. The monoisotopic (exact) mass is 243 g/mol. The molecule has 1 rings (SSSR count). The summed E-state index contributed by atoms with van der Waals surface area (Å²) in [5, 5.41) is 8.47. The first kappa shape index (κ1) is 13.3. The first-order valence-electron chi connectivity index (χ1n) is 3.78. The summed E-state index contributed by atoms with van der Waals surface area (Å²) in [4.78, 5) is 0.997. The third-order valence-electron chi connectivity index (χ3n) is 1.59. The number of anilines is 1. The second-order valence-corrected chi connectivity index (χ2v) is 3.20. The molecule has 14 heavy (non-hydrogen) atoms. The summed E-state index contributed by atoms with van der Waals surface area (Å²) in [5.41, 5.74) is 1.86. The van der Waals surface area contributed by atoms with Crippen LogP contribution in [0.4, 0.5) is 5.69 Å². The largest absolute Gasteiger partial charge is 0.426 e. The van der Waals surface area contributed by atoms with Crippen molar-refractivity contribution in [2.24, 2.45) is 5.14 Å². The summed E-state index contributed by atoms with van der Waals surface area (Å²) in [6, 6.07) is 5.77. The molecule has 0 saturated heterocycles. The molecule has 0 atom stereocenters. The number of terminal acetylenes is 1. The summed E-state index contributed by atoms with van der Waals surface area (Å²) in [6.07, 6.45) is 5.13. The van der Waals surface area contributed by atoms with Crippen molar-refractivity contribution in [3.8, 4) is 12.3 Å². The zero-order valence-electron chi connectivity index (χ0n) is 7.62. The fourth-order valence-corrected chi connectivity index (χ4v) is 1.32. The van der Waals surface area contributed by atoms with Gasteiger partial charge in [0.05, 0.1) is 6.54 Å². The molecule has 0 spiro atoms. The van der Waals surface area contributed by atoms with Crippen molar-refractivity contribution in [3.05, 3.63) is 30.7 Å². The molecule has 0 aliphatic heterocycles. The van der Waals surface area contributed by atoms with E-state index in [1.54, 1.807) is 0 Å². The summed E-state index contributed by atoms with van der Waals surface area (Å²) >= 11 is 1.21. The molecular weight excluding hydrogens is 232 g/mol. The Balaban J connectivity index is 0.00000169. The fraction of sp³-hybridized carbons (Fsp3) is 0.100. The van der Waals surface area contributed by atoms with E-state index < -0.39 is 0 Å². The minimum absolute atomic E-state index is 0. The third kappa shape index (κ3) is 3.58. The molecule has 1 aromatic carbocycles. The van der Waals surface area contributed by atoms with Gasteiger partial charge in [0, 0.05) is 17.4 Å². The Morgan fingerprint density at radius 1 is 1.57 bits per heavy atom. The van der Waals surface area contributed by atoms with Gasteiger partial charge in [0.25, 0.3) is 0 Å². The van der Waals surface area contributed by atoms with Gasteiger partial charge in [-0.15, -0.1) is 12.5 Å². The van der Waals surface area contributed by atoms with Crippen LogP contribution in [-0.2, 0) is 17.4 Å². The number of hydrogen-bond donors (Lipinski definition) is 2. The molecule has 0 unspecified atom stereocenters. The van der Waals surface area contributed by atoms with Crippen LogP contribution < -0.4 is 10.5 Å². The first-order chi connectivity index (χ1) is 6.27. The van der Waals surface area contributed by atoms with Crippen LogP contribution in [0.2, 0.25) is 0 Å². The maximum Gasteiger partial charge on any atom is 0.0662 e. The minimum Gasteiger partial charge on any atom is -0.426 e. The number of hydrogen-bond acceptors (Lipinski definition) is 3. The van der Waals surface area contributed by atoms with Crippen LogP contribution >= 0.6 is 11.9 Å². The molecule has 74 valence electrons. The van der Waals surface area contributed by atoms with Gasteiger partial charge in [-0.1, -0.05) is 35.7 Å². The van der Waals surface area contributed by atoms with Crippen molar-refractivity contribution in [1.29, 1.82) is 0 Å². The van der Waals surface area contributed by atoms with E-state index in [4.69, 9.17) is 11.6 Å². The first-order valence-corrected chi connectivity index (χ1v) is 4.66. The van der Waals surface area contributed by atoms with Gasteiger partial charge < -0.3 is 5.32 Å². The Morgan fingerprint density at radius 2 is 2.29 bits per heavy atom. The van der Waals surface area contributed by atoms with Crippen molar-refractivity contribution in [3.63, 3.8) is 0 Å². The Kier molecular flexibility index (Phi) is 6.36. The molecular formula is C10H11CrN2S-. The molecule has 0 saturated carbocycles. The van der Waals surface area contributed by atoms with E-state index in [0.717, 1.165) is 16.1 Å². The van der Waals surface area contributed by atoms with Crippen molar-refractivity contribution in [2.75, 3.05) is 11.9 Å². The van der Waals surface area contributed by atoms with Gasteiger partial charge in [-0.3, -0.25) is 5.14 Å². The second-order valence-electron chi connectivity index (χ2n) is 2.49. The zero-order chi connectivity index (χ0) is 9.68.